The topological polar surface area (TPSA) is 63.7 Å². The van der Waals surface area contributed by atoms with Crippen LogP contribution in [0.4, 0.5) is 8.78 Å². The molecule has 124 valence electrons. The third-order valence-electron chi connectivity index (χ3n) is 4.18. The number of carbonyl (C=O) groups excluding carboxylic acids is 3. The average molecular weight is 317 g/mol. The van der Waals surface area contributed by atoms with E-state index in [9.17, 15) is 23.2 Å². The number of imide groups is 1. The molecular formula is C15H21F2NO4. The van der Waals surface area contributed by atoms with Crippen molar-refractivity contribution in [3.05, 3.63) is 0 Å². The van der Waals surface area contributed by atoms with E-state index in [1.807, 2.05) is 0 Å². The number of carbonyl (C=O) groups is 3. The quantitative estimate of drug-likeness (QED) is 0.576. The SMILES string of the molecule is CC(OC(=O)CC1CCC(=O)N(C(=O)C2CC2)C1)C(C)(F)F. The van der Waals surface area contributed by atoms with Crippen LogP contribution in [-0.2, 0) is 19.1 Å². The molecule has 0 radical (unpaired) electrons. The maximum Gasteiger partial charge on any atom is 0.306 e. The molecule has 1 saturated carbocycles. The van der Waals surface area contributed by atoms with E-state index in [0.717, 1.165) is 19.8 Å². The highest BCUT2D eigenvalue weighted by atomic mass is 19.3. The summed E-state index contributed by atoms with van der Waals surface area (Å²) in [7, 11) is 0. The van der Waals surface area contributed by atoms with Gasteiger partial charge in [-0.25, -0.2) is 8.78 Å². The van der Waals surface area contributed by atoms with Crippen molar-refractivity contribution in [1.29, 1.82) is 0 Å². The molecule has 1 aliphatic carbocycles. The van der Waals surface area contributed by atoms with Gasteiger partial charge in [0.25, 0.3) is 5.92 Å². The van der Waals surface area contributed by atoms with Gasteiger partial charge in [-0.15, -0.1) is 0 Å². The number of hydrogen-bond acceptors (Lipinski definition) is 4. The normalized spacial score (nSPS) is 24.1. The summed E-state index contributed by atoms with van der Waals surface area (Å²) in [6.45, 7) is 2.02. The van der Waals surface area contributed by atoms with Gasteiger partial charge in [0, 0.05) is 25.8 Å². The van der Waals surface area contributed by atoms with Crippen LogP contribution in [0.5, 0.6) is 0 Å². The molecule has 0 aromatic heterocycles. The summed E-state index contributed by atoms with van der Waals surface area (Å²) in [4.78, 5) is 36.7. The van der Waals surface area contributed by atoms with Crippen LogP contribution < -0.4 is 0 Å². The first-order valence-electron chi connectivity index (χ1n) is 7.60. The molecule has 2 unspecified atom stereocenters. The van der Waals surface area contributed by atoms with Crippen molar-refractivity contribution >= 4 is 17.8 Å². The Labute approximate surface area is 128 Å². The number of likely N-dealkylation sites (tertiary alicyclic amines) is 1. The number of amides is 2. The highest BCUT2D eigenvalue weighted by Crippen LogP contribution is 2.33. The zero-order chi connectivity index (χ0) is 16.5. The maximum atomic E-state index is 13.0. The van der Waals surface area contributed by atoms with E-state index in [1.54, 1.807) is 0 Å². The Hall–Kier alpha value is -1.53. The van der Waals surface area contributed by atoms with Gasteiger partial charge in [-0.1, -0.05) is 0 Å². The minimum absolute atomic E-state index is 0.0534. The number of alkyl halides is 2. The van der Waals surface area contributed by atoms with Crippen LogP contribution in [0.25, 0.3) is 0 Å². The van der Waals surface area contributed by atoms with Gasteiger partial charge in [0.2, 0.25) is 11.8 Å². The maximum absolute atomic E-state index is 13.0. The van der Waals surface area contributed by atoms with Gasteiger partial charge in [0.1, 0.15) is 0 Å². The van der Waals surface area contributed by atoms with Crippen molar-refractivity contribution in [3.63, 3.8) is 0 Å². The summed E-state index contributed by atoms with van der Waals surface area (Å²) in [6.07, 6.45) is 0.739. The molecule has 0 N–H and O–H groups in total. The van der Waals surface area contributed by atoms with Crippen molar-refractivity contribution < 1.29 is 27.9 Å². The van der Waals surface area contributed by atoms with E-state index in [2.05, 4.69) is 0 Å². The number of piperidine rings is 1. The van der Waals surface area contributed by atoms with Crippen molar-refractivity contribution in [3.8, 4) is 0 Å². The van der Waals surface area contributed by atoms with Crippen LogP contribution in [0.2, 0.25) is 0 Å². The second-order valence-corrected chi connectivity index (χ2v) is 6.31. The van der Waals surface area contributed by atoms with Gasteiger partial charge in [-0.2, -0.15) is 0 Å². The molecule has 2 fully saturated rings. The highest BCUT2D eigenvalue weighted by molar-refractivity contribution is 5.97. The molecule has 5 nitrogen and oxygen atoms in total. The first-order chi connectivity index (χ1) is 10.2. The van der Waals surface area contributed by atoms with Crippen LogP contribution in [0.1, 0.15) is 46.0 Å². The second kappa shape index (κ2) is 6.30. The molecule has 2 amide bonds. The van der Waals surface area contributed by atoms with Crippen LogP contribution in [0.3, 0.4) is 0 Å². The summed E-state index contributed by atoms with van der Waals surface area (Å²) in [5, 5.41) is 0. The number of nitrogens with zero attached hydrogens (tertiary/aromatic N) is 1. The molecule has 0 spiro atoms. The molecule has 1 saturated heterocycles. The minimum atomic E-state index is -3.09. The summed E-state index contributed by atoms with van der Waals surface area (Å²) >= 11 is 0. The fourth-order valence-electron chi connectivity index (χ4n) is 2.43. The lowest BCUT2D eigenvalue weighted by Crippen LogP contribution is -2.45. The average Bonchev–Trinajstić information content (AvgIpc) is 3.23. The zero-order valence-electron chi connectivity index (χ0n) is 12.8. The van der Waals surface area contributed by atoms with Gasteiger partial charge in [-0.05, 0) is 32.1 Å². The van der Waals surface area contributed by atoms with Crippen LogP contribution in [0, 0.1) is 11.8 Å². The molecule has 0 bridgehead atoms. The zero-order valence-corrected chi connectivity index (χ0v) is 12.8. The number of halogens is 2. The third kappa shape index (κ3) is 4.24. The smallest absolute Gasteiger partial charge is 0.306 e. The fraction of sp³-hybridized carbons (Fsp3) is 0.800. The molecule has 2 atom stereocenters. The van der Waals surface area contributed by atoms with E-state index in [1.165, 1.54) is 4.90 Å². The Morgan fingerprint density at radius 3 is 2.55 bits per heavy atom. The molecule has 0 aromatic rings. The lowest BCUT2D eigenvalue weighted by Gasteiger charge is -2.31. The second-order valence-electron chi connectivity index (χ2n) is 6.31. The predicted octanol–water partition coefficient (Wildman–Crippen LogP) is 2.14. The van der Waals surface area contributed by atoms with E-state index in [0.29, 0.717) is 13.3 Å². The third-order valence-corrected chi connectivity index (χ3v) is 4.18. The van der Waals surface area contributed by atoms with Crippen LogP contribution in [-0.4, -0.2) is 41.3 Å². The minimum Gasteiger partial charge on any atom is -0.456 e. The number of hydrogen-bond donors (Lipinski definition) is 0. The number of rotatable bonds is 5. The van der Waals surface area contributed by atoms with Gasteiger partial charge in [0.05, 0.1) is 6.42 Å². The molecule has 22 heavy (non-hydrogen) atoms. The van der Waals surface area contributed by atoms with Crippen LogP contribution >= 0.6 is 0 Å². The number of ether oxygens (including phenoxy) is 1. The van der Waals surface area contributed by atoms with E-state index >= 15 is 0 Å². The Bertz CT molecular complexity index is 471. The lowest BCUT2D eigenvalue weighted by atomic mass is 9.94. The lowest BCUT2D eigenvalue weighted by molar-refractivity contribution is -0.169. The summed E-state index contributed by atoms with van der Waals surface area (Å²) in [5.41, 5.74) is 0. The van der Waals surface area contributed by atoms with Gasteiger partial charge < -0.3 is 4.74 Å². The van der Waals surface area contributed by atoms with Gasteiger partial charge in [0.15, 0.2) is 6.10 Å². The molecule has 2 rings (SSSR count). The molecule has 0 aromatic carbocycles. The molecule has 2 aliphatic rings. The fourth-order valence-corrected chi connectivity index (χ4v) is 2.43. The van der Waals surface area contributed by atoms with Crippen molar-refractivity contribution in [2.24, 2.45) is 11.8 Å². The predicted molar refractivity (Wildman–Crippen MR) is 73.0 cm³/mol. The van der Waals surface area contributed by atoms with Gasteiger partial charge in [-0.3, -0.25) is 19.3 Å². The Morgan fingerprint density at radius 1 is 1.36 bits per heavy atom. The Kier molecular flexibility index (Phi) is 4.82. The van der Waals surface area contributed by atoms with E-state index in [4.69, 9.17) is 4.74 Å². The van der Waals surface area contributed by atoms with Crippen LogP contribution in [0.15, 0.2) is 0 Å². The van der Waals surface area contributed by atoms with E-state index < -0.39 is 18.0 Å². The highest BCUT2D eigenvalue weighted by Gasteiger charge is 2.40. The first kappa shape index (κ1) is 16.8. The van der Waals surface area contributed by atoms with Gasteiger partial charge >= 0.3 is 5.97 Å². The number of esters is 1. The Morgan fingerprint density at radius 2 is 2.00 bits per heavy atom. The van der Waals surface area contributed by atoms with Crippen molar-refractivity contribution in [1.82, 2.24) is 4.90 Å². The summed E-state index contributed by atoms with van der Waals surface area (Å²) < 4.78 is 30.7. The molecule has 1 aliphatic heterocycles. The largest absolute Gasteiger partial charge is 0.456 e. The standard InChI is InChI=1S/C15H21F2NO4/c1-9(15(2,16)17)22-13(20)7-10-3-6-12(19)18(8-10)14(21)11-4-5-11/h9-11H,3-8H2,1-2H3. The summed E-state index contributed by atoms with van der Waals surface area (Å²) in [5.74, 6) is -4.47. The molecular weight excluding hydrogens is 296 g/mol. The monoisotopic (exact) mass is 317 g/mol. The Balaban J connectivity index is 1.86. The van der Waals surface area contributed by atoms with Crippen molar-refractivity contribution in [2.75, 3.05) is 6.54 Å². The van der Waals surface area contributed by atoms with Crippen molar-refractivity contribution in [2.45, 2.75) is 58.0 Å². The summed E-state index contributed by atoms with van der Waals surface area (Å²) in [6, 6.07) is 0. The van der Waals surface area contributed by atoms with E-state index in [-0.39, 0.29) is 43.0 Å². The molecule has 7 heteroatoms. The molecule has 1 heterocycles. The first-order valence-corrected chi connectivity index (χ1v) is 7.60.